The number of halogens is 2. The Morgan fingerprint density at radius 1 is 1.50 bits per heavy atom. The fourth-order valence-corrected chi connectivity index (χ4v) is 2.57. The van der Waals surface area contributed by atoms with Gasteiger partial charge in [0, 0.05) is 9.89 Å². The first-order valence-corrected chi connectivity index (χ1v) is 5.49. The molecule has 1 unspecified atom stereocenters. The van der Waals surface area contributed by atoms with E-state index in [1.54, 1.807) is 13.0 Å². The normalized spacial score (nSPS) is 20.6. The fraction of sp³-hybridized carbons (Fsp3) is 0.455. The molecule has 1 aromatic carbocycles. The van der Waals surface area contributed by atoms with E-state index in [2.05, 4.69) is 15.9 Å². The molecule has 1 saturated carbocycles. The molecule has 76 valence electrons. The lowest BCUT2D eigenvalue weighted by molar-refractivity contribution is 0.150. The second-order valence-electron chi connectivity index (χ2n) is 3.96. The number of benzene rings is 1. The van der Waals surface area contributed by atoms with E-state index in [1.807, 2.05) is 0 Å². The summed E-state index contributed by atoms with van der Waals surface area (Å²) >= 11 is 3.40. The third kappa shape index (κ3) is 1.48. The summed E-state index contributed by atoms with van der Waals surface area (Å²) in [5, 5.41) is 9.67. The molecule has 1 aliphatic carbocycles. The molecule has 1 N–H and O–H groups in total. The summed E-state index contributed by atoms with van der Waals surface area (Å²) in [5.41, 5.74) is 0.688. The first-order chi connectivity index (χ1) is 6.56. The summed E-state index contributed by atoms with van der Waals surface area (Å²) in [6.07, 6.45) is 1.46. The van der Waals surface area contributed by atoms with E-state index < -0.39 is 6.10 Å². The molecule has 1 atom stereocenters. The van der Waals surface area contributed by atoms with Gasteiger partial charge in [-0.2, -0.15) is 0 Å². The summed E-state index contributed by atoms with van der Waals surface area (Å²) in [7, 11) is 0. The van der Waals surface area contributed by atoms with Gasteiger partial charge in [-0.1, -0.05) is 15.9 Å². The number of hydrogen-bond donors (Lipinski definition) is 1. The van der Waals surface area contributed by atoms with Crippen molar-refractivity contribution in [2.45, 2.75) is 31.3 Å². The molecule has 14 heavy (non-hydrogen) atoms. The third-order valence-electron chi connectivity index (χ3n) is 3.05. The van der Waals surface area contributed by atoms with Crippen molar-refractivity contribution in [2.24, 2.45) is 0 Å². The van der Waals surface area contributed by atoms with Crippen molar-refractivity contribution in [3.8, 4) is 0 Å². The standard InChI is InChI=1S/C11H12BrFO/c1-7(14)11(4-5-11)9-6-8(13)2-3-10(9)12/h2-3,6-7,14H,4-5H2,1H3. The van der Waals surface area contributed by atoms with Crippen LogP contribution >= 0.6 is 15.9 Å². The Labute approximate surface area is 91.1 Å². The van der Waals surface area contributed by atoms with Crippen molar-refractivity contribution in [3.05, 3.63) is 34.1 Å². The van der Waals surface area contributed by atoms with Gasteiger partial charge in [-0.05, 0) is 43.5 Å². The molecule has 3 heteroatoms. The molecule has 0 radical (unpaired) electrons. The SMILES string of the molecule is CC(O)C1(c2cc(F)ccc2Br)CC1. The van der Waals surface area contributed by atoms with Crippen LogP contribution in [-0.4, -0.2) is 11.2 Å². The Kier molecular flexibility index (Phi) is 2.40. The zero-order valence-corrected chi connectivity index (χ0v) is 9.51. The molecular formula is C11H12BrFO. The van der Waals surface area contributed by atoms with Gasteiger partial charge >= 0.3 is 0 Å². The number of hydrogen-bond acceptors (Lipinski definition) is 1. The highest BCUT2D eigenvalue weighted by Gasteiger charge is 2.49. The van der Waals surface area contributed by atoms with Crippen LogP contribution < -0.4 is 0 Å². The van der Waals surface area contributed by atoms with Gasteiger partial charge in [0.15, 0.2) is 0 Å². The maximum atomic E-state index is 13.1. The van der Waals surface area contributed by atoms with Gasteiger partial charge < -0.3 is 5.11 Å². The lowest BCUT2D eigenvalue weighted by Crippen LogP contribution is -2.23. The van der Waals surface area contributed by atoms with Crippen molar-refractivity contribution in [3.63, 3.8) is 0 Å². The van der Waals surface area contributed by atoms with Crippen molar-refractivity contribution in [1.29, 1.82) is 0 Å². The average molecular weight is 259 g/mol. The van der Waals surface area contributed by atoms with Crippen LogP contribution in [0.1, 0.15) is 25.3 Å². The van der Waals surface area contributed by atoms with E-state index in [-0.39, 0.29) is 11.2 Å². The summed E-state index contributed by atoms with van der Waals surface area (Å²) in [6, 6.07) is 4.64. The second-order valence-corrected chi connectivity index (χ2v) is 4.81. The van der Waals surface area contributed by atoms with Crippen molar-refractivity contribution < 1.29 is 9.50 Å². The Balaban J connectivity index is 2.46. The van der Waals surface area contributed by atoms with Gasteiger partial charge in [0.2, 0.25) is 0 Å². The number of aliphatic hydroxyl groups is 1. The van der Waals surface area contributed by atoms with E-state index >= 15 is 0 Å². The molecule has 0 amide bonds. The predicted molar refractivity (Wildman–Crippen MR) is 56.7 cm³/mol. The monoisotopic (exact) mass is 258 g/mol. The molecule has 1 nitrogen and oxygen atoms in total. The molecule has 0 heterocycles. The van der Waals surface area contributed by atoms with Crippen LogP contribution in [0.25, 0.3) is 0 Å². The molecule has 2 rings (SSSR count). The Hall–Kier alpha value is -0.410. The molecule has 0 saturated heterocycles. The summed E-state index contributed by atoms with van der Waals surface area (Å²) in [5.74, 6) is -0.241. The van der Waals surface area contributed by atoms with Crippen LogP contribution in [0.3, 0.4) is 0 Å². The largest absolute Gasteiger partial charge is 0.392 e. The predicted octanol–water partition coefficient (Wildman–Crippen LogP) is 3.00. The smallest absolute Gasteiger partial charge is 0.123 e. The highest BCUT2D eigenvalue weighted by molar-refractivity contribution is 9.10. The molecule has 1 aromatic rings. The van der Waals surface area contributed by atoms with Crippen LogP contribution in [0.4, 0.5) is 4.39 Å². The molecular weight excluding hydrogens is 247 g/mol. The van der Waals surface area contributed by atoms with E-state index in [0.29, 0.717) is 0 Å². The maximum Gasteiger partial charge on any atom is 0.123 e. The van der Waals surface area contributed by atoms with Gasteiger partial charge in [0.05, 0.1) is 6.10 Å². The van der Waals surface area contributed by atoms with Crippen LogP contribution in [-0.2, 0) is 5.41 Å². The third-order valence-corrected chi connectivity index (χ3v) is 3.74. The fourth-order valence-electron chi connectivity index (χ4n) is 1.93. The Morgan fingerprint density at radius 3 is 2.64 bits per heavy atom. The average Bonchev–Trinajstić information content (AvgIpc) is 2.90. The maximum absolute atomic E-state index is 13.1. The molecule has 0 aliphatic heterocycles. The van der Waals surface area contributed by atoms with Crippen LogP contribution in [0, 0.1) is 5.82 Å². The summed E-state index contributed by atoms with van der Waals surface area (Å²) in [4.78, 5) is 0. The second kappa shape index (κ2) is 3.31. The molecule has 0 bridgehead atoms. The number of rotatable bonds is 2. The van der Waals surface area contributed by atoms with Gasteiger partial charge in [0.25, 0.3) is 0 Å². The van der Waals surface area contributed by atoms with Gasteiger partial charge in [-0.25, -0.2) is 4.39 Å². The van der Waals surface area contributed by atoms with Crippen LogP contribution in [0.5, 0.6) is 0 Å². The highest BCUT2D eigenvalue weighted by atomic mass is 79.9. The zero-order chi connectivity index (χ0) is 10.3. The van der Waals surface area contributed by atoms with E-state index in [4.69, 9.17) is 0 Å². The highest BCUT2D eigenvalue weighted by Crippen LogP contribution is 2.53. The van der Waals surface area contributed by atoms with Crippen molar-refractivity contribution in [1.82, 2.24) is 0 Å². The molecule has 1 fully saturated rings. The topological polar surface area (TPSA) is 20.2 Å². The van der Waals surface area contributed by atoms with Crippen LogP contribution in [0.15, 0.2) is 22.7 Å². The molecule has 0 spiro atoms. The van der Waals surface area contributed by atoms with E-state index in [0.717, 1.165) is 22.9 Å². The molecule has 1 aliphatic rings. The number of aliphatic hydroxyl groups excluding tert-OH is 1. The first-order valence-electron chi connectivity index (χ1n) is 4.70. The summed E-state index contributed by atoms with van der Waals surface area (Å²) in [6.45, 7) is 1.77. The molecule has 0 aromatic heterocycles. The quantitative estimate of drug-likeness (QED) is 0.865. The lowest BCUT2D eigenvalue weighted by atomic mass is 9.91. The van der Waals surface area contributed by atoms with E-state index in [9.17, 15) is 9.50 Å². The van der Waals surface area contributed by atoms with Crippen molar-refractivity contribution in [2.75, 3.05) is 0 Å². The Morgan fingerprint density at radius 2 is 2.14 bits per heavy atom. The van der Waals surface area contributed by atoms with Crippen molar-refractivity contribution >= 4 is 15.9 Å². The van der Waals surface area contributed by atoms with E-state index in [1.165, 1.54) is 12.1 Å². The zero-order valence-electron chi connectivity index (χ0n) is 7.93. The first kappa shape index (κ1) is 10.1. The van der Waals surface area contributed by atoms with Gasteiger partial charge in [-0.3, -0.25) is 0 Å². The van der Waals surface area contributed by atoms with Gasteiger partial charge in [-0.15, -0.1) is 0 Å². The van der Waals surface area contributed by atoms with Crippen LogP contribution in [0.2, 0.25) is 0 Å². The van der Waals surface area contributed by atoms with Gasteiger partial charge in [0.1, 0.15) is 5.82 Å². The Bertz CT molecular complexity index is 358. The minimum absolute atomic E-state index is 0.207. The lowest BCUT2D eigenvalue weighted by Gasteiger charge is -2.20. The minimum Gasteiger partial charge on any atom is -0.392 e. The summed E-state index contributed by atoms with van der Waals surface area (Å²) < 4.78 is 14.0. The minimum atomic E-state index is -0.416.